The van der Waals surface area contributed by atoms with E-state index in [0.29, 0.717) is 0 Å². The van der Waals surface area contributed by atoms with Gasteiger partial charge in [0.25, 0.3) is 0 Å². The van der Waals surface area contributed by atoms with Crippen molar-refractivity contribution in [2.24, 2.45) is 5.41 Å². The summed E-state index contributed by atoms with van der Waals surface area (Å²) < 4.78 is 38.2. The summed E-state index contributed by atoms with van der Waals surface area (Å²) in [5, 5.41) is 24.5. The Morgan fingerprint density at radius 2 is 1.98 bits per heavy atom. The van der Waals surface area contributed by atoms with Crippen molar-refractivity contribution >= 4 is 36.6 Å². The van der Waals surface area contributed by atoms with Crippen molar-refractivity contribution in [1.29, 1.82) is 5.26 Å². The molecule has 40 heavy (non-hydrogen) atoms. The summed E-state index contributed by atoms with van der Waals surface area (Å²) in [5.74, 6) is -0.570. The minimum Gasteiger partial charge on any atom is -0.462 e. The molecule has 2 aliphatic rings. The topological polar surface area (TPSA) is 223 Å². The Bertz CT molecular complexity index is 1550. The zero-order valence-electron chi connectivity index (χ0n) is 22.1. The molecule has 15 nitrogen and oxygen atoms in total. The summed E-state index contributed by atoms with van der Waals surface area (Å²) in [7, 11) is -4.36. The van der Waals surface area contributed by atoms with Crippen molar-refractivity contribution in [2.45, 2.75) is 63.9 Å². The Kier molecular flexibility index (Phi) is 6.72. The molecule has 2 aromatic heterocycles. The summed E-state index contributed by atoms with van der Waals surface area (Å²) >= 11 is 0. The van der Waals surface area contributed by atoms with E-state index in [1.807, 2.05) is 0 Å². The first-order valence-corrected chi connectivity index (χ1v) is 13.9. The van der Waals surface area contributed by atoms with Crippen molar-refractivity contribution in [1.82, 2.24) is 24.6 Å². The quantitative estimate of drug-likeness (QED) is 0.211. The molecule has 0 spiro atoms. The number of hydrogen-bond acceptors (Lipinski definition) is 13. The van der Waals surface area contributed by atoms with Crippen molar-refractivity contribution in [2.75, 3.05) is 11.5 Å². The van der Waals surface area contributed by atoms with Gasteiger partial charge in [0.05, 0.1) is 18.5 Å². The fourth-order valence-electron chi connectivity index (χ4n) is 4.78. The maximum absolute atomic E-state index is 14.0. The van der Waals surface area contributed by atoms with E-state index < -0.39 is 55.3 Å². The highest BCUT2D eigenvalue weighted by Crippen LogP contribution is 2.68. The third kappa shape index (κ3) is 4.43. The average molecular weight is 573 g/mol. The lowest BCUT2D eigenvalue weighted by Crippen LogP contribution is -2.42. The minimum absolute atomic E-state index is 0.0400. The second-order valence-electron chi connectivity index (χ2n) is 10.1. The number of nitrogens with zero attached hydrogens (tertiary/aromatic N) is 5. The molecule has 2 fully saturated rings. The van der Waals surface area contributed by atoms with Gasteiger partial charge in [0.1, 0.15) is 40.5 Å². The normalized spacial score (nSPS) is 29.4. The van der Waals surface area contributed by atoms with Gasteiger partial charge in [-0.2, -0.15) is 20.3 Å². The van der Waals surface area contributed by atoms with Crippen molar-refractivity contribution < 1.29 is 33.0 Å². The van der Waals surface area contributed by atoms with E-state index in [9.17, 15) is 19.7 Å². The number of nitrogen functional groups attached to an aromatic ring is 2. The molecule has 212 valence electrons. The highest BCUT2D eigenvalue weighted by Gasteiger charge is 2.84. The van der Waals surface area contributed by atoms with E-state index in [4.69, 9.17) is 30.0 Å². The van der Waals surface area contributed by atoms with Gasteiger partial charge in [0.2, 0.25) is 5.95 Å². The van der Waals surface area contributed by atoms with Crippen LogP contribution in [0.25, 0.3) is 11.2 Å². The largest absolute Gasteiger partial charge is 0.462 e. The number of rotatable bonds is 9. The van der Waals surface area contributed by atoms with Crippen LogP contribution in [-0.2, 0) is 23.4 Å². The second kappa shape index (κ2) is 9.69. The third-order valence-corrected chi connectivity index (χ3v) is 8.52. The molecule has 1 aromatic carbocycles. The lowest BCUT2D eigenvalue weighted by atomic mass is 9.82. The Morgan fingerprint density at radius 1 is 1.27 bits per heavy atom. The Hall–Kier alpha value is -3.80. The molecule has 5 rings (SSSR count). The highest BCUT2D eigenvalue weighted by atomic mass is 31.2. The fourth-order valence-corrected chi connectivity index (χ4v) is 6.48. The summed E-state index contributed by atoms with van der Waals surface area (Å²) in [5.41, 5.74) is 8.53. The number of imidazole rings is 1. The number of nitrogens with two attached hydrogens (primary N) is 2. The first-order chi connectivity index (χ1) is 18.8. The maximum atomic E-state index is 14.0. The molecule has 3 heterocycles. The second-order valence-corrected chi connectivity index (χ2v) is 11.8. The molecule has 1 aliphatic heterocycles. The predicted molar refractivity (Wildman–Crippen MR) is 140 cm³/mol. The van der Waals surface area contributed by atoms with Gasteiger partial charge in [0.15, 0.2) is 17.7 Å². The molecule has 3 aromatic rings. The number of anilines is 2. The molecule has 2 unspecified atom stereocenters. The van der Waals surface area contributed by atoms with Crippen LogP contribution in [0.15, 0.2) is 36.7 Å². The number of hydrogen-bond donors (Lipinski definition) is 4. The molecule has 6 N–H and O–H groups in total. The van der Waals surface area contributed by atoms with Crippen LogP contribution in [0.2, 0.25) is 0 Å². The van der Waals surface area contributed by atoms with Gasteiger partial charge in [0, 0.05) is 0 Å². The van der Waals surface area contributed by atoms with Crippen LogP contribution in [0.4, 0.5) is 11.8 Å². The highest BCUT2D eigenvalue weighted by molar-refractivity contribution is 7.52. The number of carbonyl (C=O) groups is 1. The molecule has 0 amide bonds. The molecule has 1 aliphatic carbocycles. The summed E-state index contributed by atoms with van der Waals surface area (Å²) in [6.07, 6.45) is -2.50. The molecule has 1 saturated heterocycles. The Balaban J connectivity index is 1.43. The van der Waals surface area contributed by atoms with Crippen molar-refractivity contribution in [3.05, 3.63) is 36.7 Å². The Labute approximate surface area is 229 Å². The van der Waals surface area contributed by atoms with Crippen molar-refractivity contribution in [3.8, 4) is 11.8 Å². The van der Waals surface area contributed by atoms with Crippen molar-refractivity contribution in [3.63, 3.8) is 0 Å². The predicted octanol–water partition coefficient (Wildman–Crippen LogP) is 1.66. The lowest BCUT2D eigenvalue weighted by Gasteiger charge is -2.32. The molecule has 0 radical (unpaired) electrons. The van der Waals surface area contributed by atoms with Gasteiger partial charge in [-0.1, -0.05) is 18.2 Å². The van der Waals surface area contributed by atoms with Crippen LogP contribution in [-0.4, -0.2) is 60.5 Å². The molecule has 16 heteroatoms. The summed E-state index contributed by atoms with van der Waals surface area (Å²) in [6, 6.07) is 9.17. The van der Waals surface area contributed by atoms with Gasteiger partial charge >= 0.3 is 13.7 Å². The molecule has 7 atom stereocenters. The van der Waals surface area contributed by atoms with E-state index in [1.54, 1.807) is 44.2 Å². The van der Waals surface area contributed by atoms with Gasteiger partial charge in [-0.3, -0.25) is 13.9 Å². The number of benzene rings is 1. The monoisotopic (exact) mass is 572 g/mol. The van der Waals surface area contributed by atoms with Crippen LogP contribution in [0.1, 0.15) is 33.9 Å². The molecular weight excluding hydrogens is 543 g/mol. The van der Waals surface area contributed by atoms with Crippen LogP contribution in [0, 0.1) is 16.7 Å². The zero-order valence-corrected chi connectivity index (χ0v) is 23.0. The summed E-state index contributed by atoms with van der Waals surface area (Å²) in [4.78, 5) is 24.7. The van der Waals surface area contributed by atoms with Crippen LogP contribution in [0.3, 0.4) is 0 Å². The first-order valence-electron chi connectivity index (χ1n) is 12.4. The van der Waals surface area contributed by atoms with E-state index in [2.05, 4.69) is 26.1 Å². The van der Waals surface area contributed by atoms with Crippen LogP contribution >= 0.6 is 7.75 Å². The van der Waals surface area contributed by atoms with Crippen LogP contribution in [0.5, 0.6) is 5.75 Å². The van der Waals surface area contributed by atoms with E-state index >= 15 is 0 Å². The number of fused-ring (bicyclic) bond motifs is 2. The number of aliphatic hydroxyl groups is 1. The van der Waals surface area contributed by atoms with Gasteiger partial charge < -0.3 is 30.6 Å². The zero-order chi connectivity index (χ0) is 29.0. The number of esters is 1. The summed E-state index contributed by atoms with van der Waals surface area (Å²) in [6.45, 7) is 6.26. The number of nitrogens with one attached hydrogen (secondary N) is 1. The smallest absolute Gasteiger partial charge is 0.459 e. The van der Waals surface area contributed by atoms with Gasteiger partial charge in [-0.15, -0.1) is 0 Å². The lowest BCUT2D eigenvalue weighted by molar-refractivity contribution is -0.149. The Morgan fingerprint density at radius 3 is 2.62 bits per heavy atom. The van der Waals surface area contributed by atoms with E-state index in [0.717, 1.165) is 0 Å². The maximum Gasteiger partial charge on any atom is 0.459 e. The number of nitriles is 1. The van der Waals surface area contributed by atoms with Gasteiger partial charge in [-0.25, -0.2) is 9.55 Å². The average Bonchev–Trinajstić information content (AvgIpc) is 3.14. The fraction of sp³-hybridized carbons (Fsp3) is 0.458. The minimum atomic E-state index is -4.36. The third-order valence-electron chi connectivity index (χ3n) is 6.86. The van der Waals surface area contributed by atoms with E-state index in [-0.39, 0.29) is 28.7 Å². The number of carbonyl (C=O) groups excluding carboxylic acids is 1. The number of para-hydroxylation sites is 1. The number of ether oxygens (including phenoxy) is 2. The standard InChI is InChI=1S/C24H29N8O7P/c1-12(2)36-20(33)13(3)31-40(35,38-14-8-6-5-7-9-14)39-17-16-24(17,34)23(4,10-25)21(37-16)32-11-28-15-18(26)29-22(27)30-19(15)32/h5-9,11-13,16-17,21,34H,1-4H3,(H,31,35)(H4,26,27,29,30)/t13-,16-,17?,21-,23+,24+,40?/m1/s1. The van der Waals surface area contributed by atoms with Gasteiger partial charge in [-0.05, 0) is 39.8 Å². The van der Waals surface area contributed by atoms with E-state index in [1.165, 1.54) is 24.7 Å². The number of aromatic nitrogens is 4. The first kappa shape index (κ1) is 27.8. The molecular formula is C24H29N8O7P. The van der Waals surface area contributed by atoms with Crippen LogP contribution < -0.4 is 21.1 Å². The SMILES string of the molecule is CC(C)OC(=O)[C@@H](C)NP(=O)(Oc1ccccc1)OC1[C@H]2O[C@@H](n3cnc4c(N)nc(N)nc43)[C@](C)(C#N)[C@@]12O. The molecule has 1 saturated carbocycles. The molecule has 0 bridgehead atoms.